The third-order valence-electron chi connectivity index (χ3n) is 4.88. The molecule has 0 aromatic heterocycles. The third-order valence-corrected chi connectivity index (χ3v) is 4.88. The van der Waals surface area contributed by atoms with Crippen molar-refractivity contribution in [3.63, 3.8) is 0 Å². The van der Waals surface area contributed by atoms with E-state index in [0.29, 0.717) is 0 Å². The number of hydrogen-bond donors (Lipinski definition) is 1. The molecule has 2 rings (SSSR count). The minimum atomic E-state index is 0.0137. The quantitative estimate of drug-likeness (QED) is 0.736. The Hall–Kier alpha value is -0.0400. The van der Waals surface area contributed by atoms with E-state index in [1.54, 1.807) is 0 Å². The van der Waals surface area contributed by atoms with Crippen LogP contribution in [-0.2, 0) is 0 Å². The van der Waals surface area contributed by atoms with Crippen molar-refractivity contribution in [3.8, 4) is 0 Å². The third kappa shape index (κ3) is 2.96. The summed E-state index contributed by atoms with van der Waals surface area (Å²) in [7, 11) is 0. The molecule has 88 valence electrons. The fourth-order valence-electron chi connectivity index (χ4n) is 3.67. The van der Waals surface area contributed by atoms with Gasteiger partial charge >= 0.3 is 0 Å². The number of rotatable bonds is 2. The normalized spacial score (nSPS) is 36.4. The van der Waals surface area contributed by atoms with Gasteiger partial charge in [0.25, 0.3) is 0 Å². The van der Waals surface area contributed by atoms with Gasteiger partial charge in [-0.1, -0.05) is 39.0 Å². The summed E-state index contributed by atoms with van der Waals surface area (Å²) >= 11 is 0. The van der Waals surface area contributed by atoms with Crippen LogP contribution in [0.5, 0.6) is 0 Å². The Kier molecular flexibility index (Phi) is 4.07. The first kappa shape index (κ1) is 11.4. The minimum Gasteiger partial charge on any atom is -0.393 e. The zero-order valence-corrected chi connectivity index (χ0v) is 10.1. The van der Waals surface area contributed by atoms with Gasteiger partial charge in [-0.15, -0.1) is 0 Å². The van der Waals surface area contributed by atoms with Crippen LogP contribution in [0.15, 0.2) is 0 Å². The Balaban J connectivity index is 1.81. The standard InChI is InChI=1S/C14H26O/c1-11(12-5-3-2-4-6-12)13-7-9-14(15)10-8-13/h11-15H,2-10H2,1H3. The molecule has 0 aromatic carbocycles. The van der Waals surface area contributed by atoms with E-state index >= 15 is 0 Å². The highest BCUT2D eigenvalue weighted by atomic mass is 16.3. The minimum absolute atomic E-state index is 0.0137. The van der Waals surface area contributed by atoms with Crippen LogP contribution < -0.4 is 0 Å². The van der Waals surface area contributed by atoms with E-state index in [9.17, 15) is 5.11 Å². The molecule has 0 aromatic rings. The molecule has 0 amide bonds. The molecule has 0 spiro atoms. The largest absolute Gasteiger partial charge is 0.393 e. The molecule has 15 heavy (non-hydrogen) atoms. The molecule has 1 nitrogen and oxygen atoms in total. The zero-order valence-electron chi connectivity index (χ0n) is 10.1. The second kappa shape index (κ2) is 5.34. The van der Waals surface area contributed by atoms with Gasteiger partial charge < -0.3 is 5.11 Å². The van der Waals surface area contributed by atoms with Crippen molar-refractivity contribution in [1.29, 1.82) is 0 Å². The summed E-state index contributed by atoms with van der Waals surface area (Å²) in [6.07, 6.45) is 12.0. The van der Waals surface area contributed by atoms with Gasteiger partial charge in [-0.3, -0.25) is 0 Å². The average molecular weight is 210 g/mol. The van der Waals surface area contributed by atoms with Gasteiger partial charge in [0.2, 0.25) is 0 Å². The Morgan fingerprint density at radius 1 is 0.800 bits per heavy atom. The predicted octanol–water partition coefficient (Wildman–Crippen LogP) is 3.75. The molecule has 1 heteroatoms. The molecule has 2 aliphatic carbocycles. The lowest BCUT2D eigenvalue weighted by Crippen LogP contribution is -2.28. The zero-order chi connectivity index (χ0) is 10.7. The fourth-order valence-corrected chi connectivity index (χ4v) is 3.67. The van der Waals surface area contributed by atoms with Gasteiger partial charge in [0.05, 0.1) is 6.10 Å². The maximum Gasteiger partial charge on any atom is 0.0540 e. The van der Waals surface area contributed by atoms with Crippen molar-refractivity contribution in [2.45, 2.75) is 70.8 Å². The highest BCUT2D eigenvalue weighted by Gasteiger charge is 2.29. The molecule has 0 heterocycles. The Bertz CT molecular complexity index is 176. The van der Waals surface area contributed by atoms with Crippen molar-refractivity contribution in [2.75, 3.05) is 0 Å². The summed E-state index contributed by atoms with van der Waals surface area (Å²) in [6, 6.07) is 0. The molecule has 1 atom stereocenters. The molecule has 0 radical (unpaired) electrons. The first-order valence-electron chi connectivity index (χ1n) is 6.95. The van der Waals surface area contributed by atoms with Crippen LogP contribution in [0.2, 0.25) is 0 Å². The van der Waals surface area contributed by atoms with Gasteiger partial charge in [-0.05, 0) is 43.4 Å². The summed E-state index contributed by atoms with van der Waals surface area (Å²) in [4.78, 5) is 0. The molecular formula is C14H26O. The molecule has 0 bridgehead atoms. The van der Waals surface area contributed by atoms with Crippen molar-refractivity contribution in [2.24, 2.45) is 17.8 Å². The molecule has 2 saturated carbocycles. The lowest BCUT2D eigenvalue weighted by Gasteiger charge is -2.36. The van der Waals surface area contributed by atoms with E-state index in [1.165, 1.54) is 44.9 Å². The lowest BCUT2D eigenvalue weighted by molar-refractivity contribution is 0.0746. The van der Waals surface area contributed by atoms with Crippen LogP contribution in [0.25, 0.3) is 0 Å². The van der Waals surface area contributed by atoms with Crippen LogP contribution in [0.3, 0.4) is 0 Å². The first-order chi connectivity index (χ1) is 7.27. The molecule has 1 unspecified atom stereocenters. The molecule has 2 fully saturated rings. The van der Waals surface area contributed by atoms with E-state index < -0.39 is 0 Å². The average Bonchev–Trinajstić information content (AvgIpc) is 2.30. The van der Waals surface area contributed by atoms with Gasteiger partial charge in [-0.25, -0.2) is 0 Å². The summed E-state index contributed by atoms with van der Waals surface area (Å²) in [5, 5.41) is 9.52. The van der Waals surface area contributed by atoms with Gasteiger partial charge in [-0.2, -0.15) is 0 Å². The molecule has 0 aliphatic heterocycles. The Morgan fingerprint density at radius 2 is 1.33 bits per heavy atom. The van der Waals surface area contributed by atoms with Crippen LogP contribution in [-0.4, -0.2) is 11.2 Å². The lowest BCUT2D eigenvalue weighted by atomic mass is 9.70. The molecule has 2 aliphatic rings. The van der Waals surface area contributed by atoms with Crippen molar-refractivity contribution < 1.29 is 5.11 Å². The monoisotopic (exact) mass is 210 g/mol. The van der Waals surface area contributed by atoms with Crippen molar-refractivity contribution >= 4 is 0 Å². The smallest absolute Gasteiger partial charge is 0.0540 e. The van der Waals surface area contributed by atoms with Gasteiger partial charge in [0, 0.05) is 0 Å². The fraction of sp³-hybridized carbons (Fsp3) is 1.00. The van der Waals surface area contributed by atoms with Crippen LogP contribution in [0, 0.1) is 17.8 Å². The summed E-state index contributed by atoms with van der Waals surface area (Å²) < 4.78 is 0. The number of hydrogen-bond acceptors (Lipinski definition) is 1. The molecule has 0 saturated heterocycles. The van der Waals surface area contributed by atoms with Crippen LogP contribution >= 0.6 is 0 Å². The maximum atomic E-state index is 9.52. The van der Waals surface area contributed by atoms with E-state index in [0.717, 1.165) is 30.6 Å². The highest BCUT2D eigenvalue weighted by molar-refractivity contribution is 4.80. The Labute approximate surface area is 94.3 Å². The molecular weight excluding hydrogens is 184 g/mol. The summed E-state index contributed by atoms with van der Waals surface area (Å²) in [5.41, 5.74) is 0. The van der Waals surface area contributed by atoms with Crippen LogP contribution in [0.1, 0.15) is 64.7 Å². The maximum absolute atomic E-state index is 9.52. The summed E-state index contributed by atoms with van der Waals surface area (Å²) in [5.74, 6) is 2.83. The second-order valence-electron chi connectivity index (χ2n) is 5.83. The number of aliphatic hydroxyl groups excluding tert-OH is 1. The van der Waals surface area contributed by atoms with Crippen LogP contribution in [0.4, 0.5) is 0 Å². The van der Waals surface area contributed by atoms with Crippen molar-refractivity contribution in [3.05, 3.63) is 0 Å². The van der Waals surface area contributed by atoms with Crippen molar-refractivity contribution in [1.82, 2.24) is 0 Å². The predicted molar refractivity (Wildman–Crippen MR) is 63.7 cm³/mol. The second-order valence-corrected chi connectivity index (χ2v) is 5.83. The van der Waals surface area contributed by atoms with Gasteiger partial charge in [0.15, 0.2) is 0 Å². The van der Waals surface area contributed by atoms with Gasteiger partial charge in [0.1, 0.15) is 0 Å². The first-order valence-corrected chi connectivity index (χ1v) is 6.95. The SMILES string of the molecule is CC(C1CCCCC1)C1CCC(O)CC1. The van der Waals surface area contributed by atoms with E-state index in [2.05, 4.69) is 6.92 Å². The highest BCUT2D eigenvalue weighted by Crippen LogP contribution is 2.39. The van der Waals surface area contributed by atoms with E-state index in [1.807, 2.05) is 0 Å². The Morgan fingerprint density at radius 3 is 1.93 bits per heavy atom. The number of aliphatic hydroxyl groups is 1. The van der Waals surface area contributed by atoms with E-state index in [-0.39, 0.29) is 6.10 Å². The van der Waals surface area contributed by atoms with E-state index in [4.69, 9.17) is 0 Å². The summed E-state index contributed by atoms with van der Waals surface area (Å²) in [6.45, 7) is 2.47. The molecule has 1 N–H and O–H groups in total. The topological polar surface area (TPSA) is 20.2 Å².